The molecule has 0 heterocycles. The molecule has 0 spiro atoms. The van der Waals surface area contributed by atoms with E-state index in [4.69, 9.17) is 0 Å². The predicted molar refractivity (Wildman–Crippen MR) is 81.9 cm³/mol. The zero-order chi connectivity index (χ0) is 15.7. The van der Waals surface area contributed by atoms with Crippen LogP contribution in [0.5, 0.6) is 0 Å². The fourth-order valence-electron chi connectivity index (χ4n) is 2.91. The van der Waals surface area contributed by atoms with Crippen molar-refractivity contribution < 1.29 is 14.3 Å². The molecule has 2 aromatic carbocycles. The summed E-state index contributed by atoms with van der Waals surface area (Å²) in [5.41, 5.74) is 2.70. The third-order valence-corrected chi connectivity index (χ3v) is 4.29. The van der Waals surface area contributed by atoms with Crippen LogP contribution in [0.25, 0.3) is 0 Å². The second kappa shape index (κ2) is 5.89. The maximum absolute atomic E-state index is 12.9. The van der Waals surface area contributed by atoms with Crippen molar-refractivity contribution >= 4 is 5.91 Å². The SMILES string of the molecule is C[C@H](C(=O)N[C@H]1Cc2ccccc2[C@H]1O)c1ccc(F)cc1. The molecule has 1 amide bonds. The molecule has 3 atom stereocenters. The largest absolute Gasteiger partial charge is 0.386 e. The summed E-state index contributed by atoms with van der Waals surface area (Å²) in [7, 11) is 0. The van der Waals surface area contributed by atoms with Crippen molar-refractivity contribution in [1.29, 1.82) is 0 Å². The zero-order valence-corrected chi connectivity index (χ0v) is 12.3. The van der Waals surface area contributed by atoms with Crippen LogP contribution in [0, 0.1) is 5.82 Å². The summed E-state index contributed by atoms with van der Waals surface area (Å²) in [6.45, 7) is 1.77. The van der Waals surface area contributed by atoms with E-state index >= 15 is 0 Å². The summed E-state index contributed by atoms with van der Waals surface area (Å²) in [6.07, 6.45) is -0.0558. The van der Waals surface area contributed by atoms with Crippen LogP contribution < -0.4 is 5.32 Å². The van der Waals surface area contributed by atoms with Crippen molar-refractivity contribution in [3.63, 3.8) is 0 Å². The summed E-state index contributed by atoms with van der Waals surface area (Å²) in [4.78, 5) is 12.4. The Kier molecular flexibility index (Phi) is 3.94. The number of aliphatic hydroxyl groups excluding tert-OH is 1. The quantitative estimate of drug-likeness (QED) is 0.915. The Bertz CT molecular complexity index is 684. The highest BCUT2D eigenvalue weighted by atomic mass is 19.1. The Labute approximate surface area is 128 Å². The molecule has 0 unspecified atom stereocenters. The molecular formula is C18H18FNO2. The van der Waals surface area contributed by atoms with Gasteiger partial charge in [0.15, 0.2) is 0 Å². The molecule has 0 saturated heterocycles. The number of hydrogen-bond donors (Lipinski definition) is 2. The standard InChI is InChI=1S/C18H18FNO2/c1-11(12-6-8-14(19)9-7-12)18(22)20-16-10-13-4-2-3-5-15(13)17(16)21/h2-9,11,16-17,21H,10H2,1H3,(H,20,22)/t11-,16-,17+/m0/s1. The van der Waals surface area contributed by atoms with Gasteiger partial charge in [0.25, 0.3) is 0 Å². The third-order valence-electron chi connectivity index (χ3n) is 4.29. The van der Waals surface area contributed by atoms with Crippen LogP contribution in [0.4, 0.5) is 4.39 Å². The number of benzene rings is 2. The highest BCUT2D eigenvalue weighted by Crippen LogP contribution is 2.31. The second-order valence-electron chi connectivity index (χ2n) is 5.74. The molecule has 3 nitrogen and oxygen atoms in total. The van der Waals surface area contributed by atoms with Gasteiger partial charge in [0.05, 0.1) is 18.1 Å². The molecule has 0 fully saturated rings. The van der Waals surface area contributed by atoms with E-state index in [1.165, 1.54) is 12.1 Å². The van der Waals surface area contributed by atoms with Gasteiger partial charge < -0.3 is 10.4 Å². The van der Waals surface area contributed by atoms with Gasteiger partial charge in [0.1, 0.15) is 5.82 Å². The van der Waals surface area contributed by atoms with Crippen molar-refractivity contribution in [2.24, 2.45) is 0 Å². The lowest BCUT2D eigenvalue weighted by Crippen LogP contribution is -2.40. The van der Waals surface area contributed by atoms with E-state index in [0.717, 1.165) is 16.7 Å². The van der Waals surface area contributed by atoms with Gasteiger partial charge in [-0.25, -0.2) is 4.39 Å². The van der Waals surface area contributed by atoms with Gasteiger partial charge in [-0.05, 0) is 42.2 Å². The number of amides is 1. The van der Waals surface area contributed by atoms with Gasteiger partial charge in [-0.15, -0.1) is 0 Å². The van der Waals surface area contributed by atoms with E-state index in [0.29, 0.717) is 6.42 Å². The Morgan fingerprint density at radius 3 is 2.59 bits per heavy atom. The first kappa shape index (κ1) is 14.7. The minimum Gasteiger partial charge on any atom is -0.386 e. The van der Waals surface area contributed by atoms with Crippen molar-refractivity contribution in [2.45, 2.75) is 31.4 Å². The van der Waals surface area contributed by atoms with Gasteiger partial charge in [-0.2, -0.15) is 0 Å². The Morgan fingerprint density at radius 2 is 1.91 bits per heavy atom. The highest BCUT2D eigenvalue weighted by molar-refractivity contribution is 5.83. The molecule has 2 N–H and O–H groups in total. The average Bonchev–Trinajstić information content (AvgIpc) is 2.84. The molecule has 3 rings (SSSR count). The Balaban J connectivity index is 1.69. The number of carbonyl (C=O) groups is 1. The fraction of sp³-hybridized carbons (Fsp3) is 0.278. The highest BCUT2D eigenvalue weighted by Gasteiger charge is 2.32. The minimum absolute atomic E-state index is 0.163. The van der Waals surface area contributed by atoms with E-state index in [-0.39, 0.29) is 17.8 Å². The van der Waals surface area contributed by atoms with Crippen LogP contribution in [0.3, 0.4) is 0 Å². The lowest BCUT2D eigenvalue weighted by Gasteiger charge is -2.20. The lowest BCUT2D eigenvalue weighted by atomic mass is 9.99. The summed E-state index contributed by atoms with van der Waals surface area (Å²) in [5.74, 6) is -0.877. The number of rotatable bonds is 3. The molecular weight excluding hydrogens is 281 g/mol. The maximum Gasteiger partial charge on any atom is 0.227 e. The fourth-order valence-corrected chi connectivity index (χ4v) is 2.91. The molecule has 2 aromatic rings. The normalized spacial score (nSPS) is 21.2. The van der Waals surface area contributed by atoms with E-state index < -0.39 is 12.0 Å². The van der Waals surface area contributed by atoms with Gasteiger partial charge in [0.2, 0.25) is 5.91 Å². The van der Waals surface area contributed by atoms with E-state index in [1.54, 1.807) is 19.1 Å². The molecule has 1 aliphatic carbocycles. The molecule has 4 heteroatoms. The van der Waals surface area contributed by atoms with Gasteiger partial charge in [-0.1, -0.05) is 36.4 Å². The van der Waals surface area contributed by atoms with Crippen LogP contribution in [-0.4, -0.2) is 17.1 Å². The summed E-state index contributed by atoms with van der Waals surface area (Å²) in [6, 6.07) is 13.3. The first-order chi connectivity index (χ1) is 10.6. The minimum atomic E-state index is -0.680. The van der Waals surface area contributed by atoms with Crippen LogP contribution in [0.1, 0.15) is 35.6 Å². The van der Waals surface area contributed by atoms with Gasteiger partial charge in [-0.3, -0.25) is 4.79 Å². The van der Waals surface area contributed by atoms with Gasteiger partial charge in [0, 0.05) is 0 Å². The first-order valence-electron chi connectivity index (χ1n) is 7.38. The number of fused-ring (bicyclic) bond motifs is 1. The van der Waals surface area contributed by atoms with E-state index in [2.05, 4.69) is 5.32 Å². The molecule has 0 aromatic heterocycles. The Hall–Kier alpha value is -2.20. The molecule has 1 aliphatic rings. The van der Waals surface area contributed by atoms with E-state index in [1.807, 2.05) is 24.3 Å². The zero-order valence-electron chi connectivity index (χ0n) is 12.3. The topological polar surface area (TPSA) is 49.3 Å². The third kappa shape index (κ3) is 2.74. The molecule has 22 heavy (non-hydrogen) atoms. The summed E-state index contributed by atoms with van der Waals surface area (Å²) in [5, 5.41) is 13.2. The number of halogens is 1. The van der Waals surface area contributed by atoms with E-state index in [9.17, 15) is 14.3 Å². The number of hydrogen-bond acceptors (Lipinski definition) is 2. The summed E-state index contributed by atoms with van der Waals surface area (Å²) < 4.78 is 12.9. The molecule has 0 radical (unpaired) electrons. The van der Waals surface area contributed by atoms with Crippen LogP contribution >= 0.6 is 0 Å². The maximum atomic E-state index is 12.9. The monoisotopic (exact) mass is 299 g/mol. The first-order valence-corrected chi connectivity index (χ1v) is 7.38. The van der Waals surface area contributed by atoms with Crippen molar-refractivity contribution in [1.82, 2.24) is 5.32 Å². The number of nitrogens with one attached hydrogen (secondary N) is 1. The van der Waals surface area contributed by atoms with Crippen LogP contribution in [-0.2, 0) is 11.2 Å². The van der Waals surface area contributed by atoms with Crippen molar-refractivity contribution in [3.8, 4) is 0 Å². The lowest BCUT2D eigenvalue weighted by molar-refractivity contribution is -0.123. The number of carbonyl (C=O) groups excluding carboxylic acids is 1. The molecule has 0 bridgehead atoms. The van der Waals surface area contributed by atoms with Crippen molar-refractivity contribution in [3.05, 3.63) is 71.0 Å². The smallest absolute Gasteiger partial charge is 0.227 e. The van der Waals surface area contributed by atoms with Crippen LogP contribution in [0.15, 0.2) is 48.5 Å². The molecule has 0 saturated carbocycles. The van der Waals surface area contributed by atoms with Crippen LogP contribution in [0.2, 0.25) is 0 Å². The number of aliphatic hydroxyl groups is 1. The molecule has 114 valence electrons. The second-order valence-corrected chi connectivity index (χ2v) is 5.74. The molecule has 0 aliphatic heterocycles. The average molecular weight is 299 g/mol. The van der Waals surface area contributed by atoms with Crippen molar-refractivity contribution in [2.75, 3.05) is 0 Å². The predicted octanol–water partition coefficient (Wildman–Crippen LogP) is 2.70. The Morgan fingerprint density at radius 1 is 1.23 bits per heavy atom. The van der Waals surface area contributed by atoms with Gasteiger partial charge >= 0.3 is 0 Å². The summed E-state index contributed by atoms with van der Waals surface area (Å²) >= 11 is 0.